The van der Waals surface area contributed by atoms with E-state index in [1.165, 1.54) is 11.8 Å². The highest BCUT2D eigenvalue weighted by Gasteiger charge is 2.30. The predicted molar refractivity (Wildman–Crippen MR) is 118 cm³/mol. The number of nitrogens with zero attached hydrogens (tertiary/aromatic N) is 3. The summed E-state index contributed by atoms with van der Waals surface area (Å²) in [6.45, 7) is 3.06. The lowest BCUT2D eigenvalue weighted by Gasteiger charge is -2.21. The van der Waals surface area contributed by atoms with Crippen molar-refractivity contribution in [2.45, 2.75) is 36.9 Å². The van der Waals surface area contributed by atoms with Gasteiger partial charge < -0.3 is 14.8 Å². The molecule has 0 spiro atoms. The van der Waals surface area contributed by atoms with Gasteiger partial charge in [-0.2, -0.15) is 0 Å². The third kappa shape index (κ3) is 4.54. The second kappa shape index (κ2) is 8.63. The molecular formula is C23H24N4O3S. The van der Waals surface area contributed by atoms with Crippen LogP contribution in [-0.4, -0.2) is 39.6 Å². The summed E-state index contributed by atoms with van der Waals surface area (Å²) in [4.78, 5) is 17.3. The monoisotopic (exact) mass is 436 g/mol. The lowest BCUT2D eigenvalue weighted by atomic mass is 10.1. The molecule has 0 radical (unpaired) electrons. The summed E-state index contributed by atoms with van der Waals surface area (Å²) in [5.74, 6) is 3.12. The molecule has 1 saturated carbocycles. The van der Waals surface area contributed by atoms with Gasteiger partial charge in [0.1, 0.15) is 19.0 Å². The number of rotatable bonds is 7. The van der Waals surface area contributed by atoms with Crippen molar-refractivity contribution in [3.63, 3.8) is 0 Å². The van der Waals surface area contributed by atoms with Gasteiger partial charge in [-0.25, -0.2) is 9.67 Å². The summed E-state index contributed by atoms with van der Waals surface area (Å²) in [6, 6.07) is 15.7. The van der Waals surface area contributed by atoms with Crippen molar-refractivity contribution in [2.24, 2.45) is 0 Å². The molecule has 3 aromatic rings. The maximum atomic E-state index is 12.5. The van der Waals surface area contributed by atoms with Crippen LogP contribution >= 0.6 is 11.8 Å². The lowest BCUT2D eigenvalue weighted by Crippen LogP contribution is -2.28. The molecule has 0 saturated heterocycles. The molecule has 1 aliphatic heterocycles. The molecule has 1 amide bonds. The first-order valence-corrected chi connectivity index (χ1v) is 11.5. The van der Waals surface area contributed by atoms with Crippen LogP contribution in [0.4, 0.5) is 0 Å². The minimum Gasteiger partial charge on any atom is -0.486 e. The molecule has 8 heteroatoms. The van der Waals surface area contributed by atoms with Crippen LogP contribution in [0.2, 0.25) is 0 Å². The molecule has 0 unspecified atom stereocenters. The van der Waals surface area contributed by atoms with E-state index in [2.05, 4.69) is 10.4 Å². The van der Waals surface area contributed by atoms with Gasteiger partial charge in [0.25, 0.3) is 0 Å². The zero-order valence-corrected chi connectivity index (χ0v) is 18.1. The number of carbonyl (C=O) groups is 1. The van der Waals surface area contributed by atoms with Gasteiger partial charge in [0.2, 0.25) is 11.1 Å². The number of hydrogen-bond acceptors (Lipinski definition) is 6. The molecule has 1 aliphatic carbocycles. The van der Waals surface area contributed by atoms with Crippen molar-refractivity contribution in [3.8, 4) is 17.2 Å². The Labute approximate surface area is 185 Å². The van der Waals surface area contributed by atoms with Crippen LogP contribution in [0.15, 0.2) is 53.7 Å². The SMILES string of the molecule is C[C@H](NC(=O)CSc1nc(C2CC2)n(-c2ccccc2)n1)c1ccc2c(c1)OCCO2. The lowest BCUT2D eigenvalue weighted by molar-refractivity contribution is -0.119. The number of ether oxygens (including phenoxy) is 2. The van der Waals surface area contributed by atoms with E-state index in [0.29, 0.717) is 24.3 Å². The van der Waals surface area contributed by atoms with Crippen LogP contribution < -0.4 is 14.8 Å². The fourth-order valence-corrected chi connectivity index (χ4v) is 4.20. The Balaban J connectivity index is 1.22. The van der Waals surface area contributed by atoms with Gasteiger partial charge in [-0.3, -0.25) is 4.79 Å². The summed E-state index contributed by atoms with van der Waals surface area (Å²) in [6.07, 6.45) is 2.28. The fraction of sp³-hybridized carbons (Fsp3) is 0.348. The van der Waals surface area contributed by atoms with Crippen molar-refractivity contribution in [2.75, 3.05) is 19.0 Å². The maximum absolute atomic E-state index is 12.5. The number of para-hydroxylation sites is 1. The Morgan fingerprint density at radius 1 is 1.16 bits per heavy atom. The van der Waals surface area contributed by atoms with Gasteiger partial charge in [0.05, 0.1) is 17.5 Å². The van der Waals surface area contributed by atoms with Gasteiger partial charge >= 0.3 is 0 Å². The summed E-state index contributed by atoms with van der Waals surface area (Å²) in [5.41, 5.74) is 1.98. The van der Waals surface area contributed by atoms with Crippen molar-refractivity contribution in [1.82, 2.24) is 20.1 Å². The number of thioether (sulfide) groups is 1. The Kier molecular flexibility index (Phi) is 5.55. The second-order valence-corrected chi connectivity index (χ2v) is 8.70. The molecule has 2 heterocycles. The first-order chi connectivity index (χ1) is 15.2. The molecule has 160 valence electrons. The average molecular weight is 437 g/mol. The first-order valence-electron chi connectivity index (χ1n) is 10.5. The summed E-state index contributed by atoms with van der Waals surface area (Å²) in [5, 5.41) is 8.33. The zero-order chi connectivity index (χ0) is 21.2. The zero-order valence-electron chi connectivity index (χ0n) is 17.3. The van der Waals surface area contributed by atoms with E-state index in [9.17, 15) is 4.79 Å². The third-order valence-corrected chi connectivity index (χ3v) is 6.17. The fourth-order valence-electron chi connectivity index (χ4n) is 3.56. The molecular weight excluding hydrogens is 412 g/mol. The van der Waals surface area contributed by atoms with Crippen molar-refractivity contribution < 1.29 is 14.3 Å². The largest absolute Gasteiger partial charge is 0.486 e. The smallest absolute Gasteiger partial charge is 0.230 e. The second-order valence-electron chi connectivity index (χ2n) is 7.76. The Morgan fingerprint density at radius 2 is 1.94 bits per heavy atom. The predicted octanol–water partition coefficient (Wildman–Crippen LogP) is 3.89. The van der Waals surface area contributed by atoms with Crippen LogP contribution in [0.5, 0.6) is 11.5 Å². The van der Waals surface area contributed by atoms with E-state index in [4.69, 9.17) is 14.5 Å². The molecule has 1 aromatic heterocycles. The Morgan fingerprint density at radius 3 is 2.71 bits per heavy atom. The van der Waals surface area contributed by atoms with E-state index in [1.54, 1.807) is 0 Å². The Hall–Kier alpha value is -3.00. The summed E-state index contributed by atoms with van der Waals surface area (Å²) in [7, 11) is 0. The van der Waals surface area contributed by atoms with Gasteiger partial charge in [0, 0.05) is 5.92 Å². The van der Waals surface area contributed by atoms with Crippen LogP contribution in [0.3, 0.4) is 0 Å². The van der Waals surface area contributed by atoms with E-state index in [0.717, 1.165) is 41.4 Å². The normalized spacial score (nSPS) is 16.0. The quantitative estimate of drug-likeness (QED) is 0.566. The number of nitrogens with one attached hydrogen (secondary N) is 1. The van der Waals surface area contributed by atoms with E-state index in [-0.39, 0.29) is 17.7 Å². The maximum Gasteiger partial charge on any atom is 0.230 e. The topological polar surface area (TPSA) is 78.3 Å². The molecule has 1 fully saturated rings. The number of carbonyl (C=O) groups excluding carboxylic acids is 1. The van der Waals surface area contributed by atoms with E-state index < -0.39 is 0 Å². The van der Waals surface area contributed by atoms with E-state index in [1.807, 2.05) is 60.1 Å². The highest BCUT2D eigenvalue weighted by atomic mass is 32.2. The molecule has 2 aliphatic rings. The van der Waals surface area contributed by atoms with E-state index >= 15 is 0 Å². The Bertz CT molecular complexity index is 1080. The molecule has 31 heavy (non-hydrogen) atoms. The molecule has 5 rings (SSSR count). The summed E-state index contributed by atoms with van der Waals surface area (Å²) >= 11 is 1.36. The molecule has 1 N–H and O–H groups in total. The van der Waals surface area contributed by atoms with Gasteiger partial charge in [-0.1, -0.05) is 36.0 Å². The first kappa shape index (κ1) is 19.9. The number of fused-ring (bicyclic) bond motifs is 1. The highest BCUT2D eigenvalue weighted by Crippen LogP contribution is 2.40. The van der Waals surface area contributed by atoms with Gasteiger partial charge in [-0.15, -0.1) is 5.10 Å². The van der Waals surface area contributed by atoms with Gasteiger partial charge in [0.15, 0.2) is 11.5 Å². The standard InChI is InChI=1S/C23H24N4O3S/c1-15(17-9-10-19-20(13-17)30-12-11-29-19)24-21(28)14-31-23-25-22(16-7-8-16)27(26-23)18-5-3-2-4-6-18/h2-6,9-10,13,15-16H,7-8,11-12,14H2,1H3,(H,24,28)/t15-/m0/s1. The van der Waals surface area contributed by atoms with Crippen LogP contribution in [0.25, 0.3) is 5.69 Å². The van der Waals surface area contributed by atoms with Crippen molar-refractivity contribution in [1.29, 1.82) is 0 Å². The minimum atomic E-state index is -0.138. The number of amides is 1. The minimum absolute atomic E-state index is 0.0589. The number of aromatic nitrogens is 3. The number of hydrogen-bond donors (Lipinski definition) is 1. The molecule has 1 atom stereocenters. The number of benzene rings is 2. The van der Waals surface area contributed by atoms with Crippen LogP contribution in [0, 0.1) is 0 Å². The summed E-state index contributed by atoms with van der Waals surface area (Å²) < 4.78 is 13.1. The molecule has 0 bridgehead atoms. The van der Waals surface area contributed by atoms with Gasteiger partial charge in [-0.05, 0) is 49.6 Å². The van der Waals surface area contributed by atoms with Crippen molar-refractivity contribution >= 4 is 17.7 Å². The third-order valence-electron chi connectivity index (χ3n) is 5.33. The average Bonchev–Trinajstić information content (AvgIpc) is 3.57. The molecule has 7 nitrogen and oxygen atoms in total. The van der Waals surface area contributed by atoms with Crippen LogP contribution in [-0.2, 0) is 4.79 Å². The highest BCUT2D eigenvalue weighted by molar-refractivity contribution is 7.99. The molecule has 2 aromatic carbocycles. The van der Waals surface area contributed by atoms with Crippen LogP contribution in [0.1, 0.15) is 43.1 Å². The van der Waals surface area contributed by atoms with Crippen molar-refractivity contribution in [3.05, 3.63) is 59.9 Å².